The Hall–Kier alpha value is -0.120. The smallest absolute Gasteiger partial charge is 0.0613 e. The lowest BCUT2D eigenvalue weighted by Crippen LogP contribution is -2.50. The van der Waals surface area contributed by atoms with Gasteiger partial charge in [0.25, 0.3) is 0 Å². The Labute approximate surface area is 123 Å². The number of likely N-dealkylation sites (tertiary alicyclic amines) is 1. The molecule has 3 heteroatoms. The van der Waals surface area contributed by atoms with Crippen molar-refractivity contribution in [2.75, 3.05) is 19.7 Å². The molecule has 3 aliphatic rings. The highest BCUT2D eigenvalue weighted by Crippen LogP contribution is 2.38. The lowest BCUT2D eigenvalue weighted by Gasteiger charge is -2.45. The van der Waals surface area contributed by atoms with E-state index < -0.39 is 0 Å². The molecule has 3 fully saturated rings. The van der Waals surface area contributed by atoms with Crippen molar-refractivity contribution in [3.8, 4) is 0 Å². The summed E-state index contributed by atoms with van der Waals surface area (Å²) in [5.41, 5.74) is 6.11. The molecule has 0 radical (unpaired) electrons. The number of hydrogen-bond acceptors (Lipinski definition) is 3. The second kappa shape index (κ2) is 6.33. The Bertz CT molecular complexity index is 320. The second-order valence-electron chi connectivity index (χ2n) is 7.56. The van der Waals surface area contributed by atoms with Crippen molar-refractivity contribution >= 4 is 0 Å². The van der Waals surface area contributed by atoms with E-state index in [2.05, 4.69) is 4.90 Å². The highest BCUT2D eigenvalue weighted by atomic mass is 16.3. The summed E-state index contributed by atoms with van der Waals surface area (Å²) >= 11 is 0. The fourth-order valence-electron chi connectivity index (χ4n) is 5.14. The van der Waals surface area contributed by atoms with E-state index in [0.717, 1.165) is 18.4 Å². The third-order valence-electron chi connectivity index (χ3n) is 6.43. The van der Waals surface area contributed by atoms with Gasteiger partial charge in [-0.05, 0) is 69.9 Å². The summed E-state index contributed by atoms with van der Waals surface area (Å²) in [5, 5.41) is 9.58. The molecule has 0 aromatic heterocycles. The van der Waals surface area contributed by atoms with Gasteiger partial charge in [0.2, 0.25) is 0 Å². The zero-order valence-electron chi connectivity index (χ0n) is 12.9. The summed E-state index contributed by atoms with van der Waals surface area (Å²) in [4.78, 5) is 2.77. The van der Waals surface area contributed by atoms with Crippen LogP contribution in [-0.2, 0) is 0 Å². The maximum Gasteiger partial charge on any atom is 0.0613 e. The lowest BCUT2D eigenvalue weighted by molar-refractivity contribution is 0.0507. The van der Waals surface area contributed by atoms with Crippen LogP contribution in [0.1, 0.15) is 64.2 Å². The van der Waals surface area contributed by atoms with Crippen molar-refractivity contribution in [3.63, 3.8) is 0 Å². The molecule has 3 N–H and O–H groups in total. The minimum absolute atomic E-state index is 0.170. The largest absolute Gasteiger partial charge is 0.394 e. The van der Waals surface area contributed by atoms with E-state index in [1.54, 1.807) is 0 Å². The van der Waals surface area contributed by atoms with Crippen LogP contribution in [-0.4, -0.2) is 41.3 Å². The van der Waals surface area contributed by atoms with E-state index in [4.69, 9.17) is 5.73 Å². The molecule has 116 valence electrons. The Kier molecular flexibility index (Phi) is 4.68. The predicted octanol–water partition coefficient (Wildman–Crippen LogP) is 2.52. The lowest BCUT2D eigenvalue weighted by atomic mass is 9.78. The average Bonchev–Trinajstić information content (AvgIpc) is 2.87. The fourth-order valence-corrected chi connectivity index (χ4v) is 5.14. The van der Waals surface area contributed by atoms with Crippen LogP contribution >= 0.6 is 0 Å². The molecule has 0 aromatic carbocycles. The van der Waals surface area contributed by atoms with Gasteiger partial charge < -0.3 is 15.7 Å². The van der Waals surface area contributed by atoms with Gasteiger partial charge in [-0.3, -0.25) is 0 Å². The first kappa shape index (κ1) is 14.8. The van der Waals surface area contributed by atoms with Crippen molar-refractivity contribution in [3.05, 3.63) is 0 Å². The molecule has 4 atom stereocenters. The highest BCUT2D eigenvalue weighted by Gasteiger charge is 2.39. The van der Waals surface area contributed by atoms with Crippen molar-refractivity contribution < 1.29 is 5.11 Å². The molecule has 0 spiro atoms. The molecule has 0 amide bonds. The molecular formula is C17H32N2O. The molecular weight excluding hydrogens is 248 g/mol. The van der Waals surface area contributed by atoms with Crippen LogP contribution in [0.5, 0.6) is 0 Å². The number of nitrogens with two attached hydrogens (primary N) is 1. The first-order valence-electron chi connectivity index (χ1n) is 8.87. The van der Waals surface area contributed by atoms with Gasteiger partial charge >= 0.3 is 0 Å². The number of piperidine rings is 1. The third kappa shape index (κ3) is 2.90. The van der Waals surface area contributed by atoms with Crippen molar-refractivity contribution in [2.24, 2.45) is 17.6 Å². The van der Waals surface area contributed by atoms with Crippen LogP contribution in [0.3, 0.4) is 0 Å². The summed E-state index contributed by atoms with van der Waals surface area (Å²) in [6.07, 6.45) is 13.2. The quantitative estimate of drug-likeness (QED) is 0.832. The molecule has 0 bridgehead atoms. The van der Waals surface area contributed by atoms with Gasteiger partial charge in [0.05, 0.1) is 6.61 Å². The average molecular weight is 280 g/mol. The molecule has 0 aromatic rings. The summed E-state index contributed by atoms with van der Waals surface area (Å²) in [7, 11) is 0. The van der Waals surface area contributed by atoms with E-state index in [9.17, 15) is 5.11 Å². The van der Waals surface area contributed by atoms with Gasteiger partial charge in [-0.2, -0.15) is 0 Å². The SMILES string of the molecule is NC1(CO)CCCC1CCN1CCCC2CCCCC21. The fraction of sp³-hybridized carbons (Fsp3) is 1.00. The zero-order chi connectivity index (χ0) is 14.0. The minimum atomic E-state index is -0.276. The Morgan fingerprint density at radius 2 is 1.85 bits per heavy atom. The van der Waals surface area contributed by atoms with Crippen LogP contribution in [0.25, 0.3) is 0 Å². The normalized spacial score (nSPS) is 42.6. The molecule has 1 heterocycles. The molecule has 20 heavy (non-hydrogen) atoms. The first-order valence-corrected chi connectivity index (χ1v) is 8.87. The topological polar surface area (TPSA) is 49.5 Å². The van der Waals surface area contributed by atoms with Crippen molar-refractivity contribution in [1.29, 1.82) is 0 Å². The van der Waals surface area contributed by atoms with E-state index in [1.165, 1.54) is 70.9 Å². The van der Waals surface area contributed by atoms with Gasteiger partial charge in [0.15, 0.2) is 0 Å². The van der Waals surface area contributed by atoms with E-state index >= 15 is 0 Å². The minimum Gasteiger partial charge on any atom is -0.394 e. The summed E-state index contributed by atoms with van der Waals surface area (Å²) in [6.45, 7) is 2.68. The number of fused-ring (bicyclic) bond motifs is 1. The van der Waals surface area contributed by atoms with Crippen molar-refractivity contribution in [2.45, 2.75) is 75.8 Å². The van der Waals surface area contributed by atoms with Crippen LogP contribution in [0, 0.1) is 11.8 Å². The summed E-state index contributed by atoms with van der Waals surface area (Å²) in [6, 6.07) is 0.861. The number of rotatable bonds is 4. The van der Waals surface area contributed by atoms with Gasteiger partial charge in [-0.25, -0.2) is 0 Å². The molecule has 1 aliphatic heterocycles. The van der Waals surface area contributed by atoms with E-state index in [-0.39, 0.29) is 12.1 Å². The van der Waals surface area contributed by atoms with Gasteiger partial charge in [-0.1, -0.05) is 19.3 Å². The third-order valence-corrected chi connectivity index (χ3v) is 6.43. The molecule has 2 saturated carbocycles. The zero-order valence-corrected chi connectivity index (χ0v) is 12.9. The molecule has 4 unspecified atom stereocenters. The Morgan fingerprint density at radius 3 is 2.70 bits per heavy atom. The molecule has 3 nitrogen and oxygen atoms in total. The summed E-state index contributed by atoms with van der Waals surface area (Å²) in [5.74, 6) is 1.51. The van der Waals surface area contributed by atoms with Crippen LogP contribution < -0.4 is 5.73 Å². The van der Waals surface area contributed by atoms with E-state index in [1.807, 2.05) is 0 Å². The van der Waals surface area contributed by atoms with Gasteiger partial charge in [0, 0.05) is 11.6 Å². The van der Waals surface area contributed by atoms with Crippen LogP contribution in [0.2, 0.25) is 0 Å². The number of aliphatic hydroxyl groups is 1. The van der Waals surface area contributed by atoms with Gasteiger partial charge in [-0.15, -0.1) is 0 Å². The Morgan fingerprint density at radius 1 is 1.05 bits per heavy atom. The first-order chi connectivity index (χ1) is 9.73. The predicted molar refractivity (Wildman–Crippen MR) is 82.5 cm³/mol. The maximum atomic E-state index is 9.58. The molecule has 3 rings (SSSR count). The highest BCUT2D eigenvalue weighted by molar-refractivity contribution is 4.97. The number of nitrogens with zero attached hydrogens (tertiary/aromatic N) is 1. The molecule has 2 aliphatic carbocycles. The summed E-state index contributed by atoms with van der Waals surface area (Å²) < 4.78 is 0. The van der Waals surface area contributed by atoms with E-state index in [0.29, 0.717) is 5.92 Å². The maximum absolute atomic E-state index is 9.58. The second-order valence-corrected chi connectivity index (χ2v) is 7.56. The van der Waals surface area contributed by atoms with Crippen LogP contribution in [0.4, 0.5) is 0 Å². The van der Waals surface area contributed by atoms with Crippen molar-refractivity contribution in [1.82, 2.24) is 4.90 Å². The standard InChI is InChI=1S/C17H32N2O/c18-17(13-20)10-3-7-15(17)9-12-19-11-4-6-14-5-1-2-8-16(14)19/h14-16,20H,1-13,18H2. The monoisotopic (exact) mass is 280 g/mol. The van der Waals surface area contributed by atoms with Crippen LogP contribution in [0.15, 0.2) is 0 Å². The number of aliphatic hydroxyl groups excluding tert-OH is 1. The number of hydrogen-bond donors (Lipinski definition) is 2. The van der Waals surface area contributed by atoms with Gasteiger partial charge in [0.1, 0.15) is 0 Å². The Balaban J connectivity index is 1.54. The molecule has 1 saturated heterocycles.